The zero-order valence-corrected chi connectivity index (χ0v) is 11.4. The van der Waals surface area contributed by atoms with Crippen molar-refractivity contribution in [1.82, 2.24) is 4.98 Å². The number of nitriles is 1. The molecule has 0 unspecified atom stereocenters. The zero-order chi connectivity index (χ0) is 12.3. The molecule has 84 valence electrons. The van der Waals surface area contributed by atoms with Crippen molar-refractivity contribution < 1.29 is 0 Å². The van der Waals surface area contributed by atoms with E-state index in [1.807, 2.05) is 18.2 Å². The Balaban J connectivity index is 2.26. The highest BCUT2D eigenvalue weighted by Crippen LogP contribution is 2.23. The lowest BCUT2D eigenvalue weighted by atomic mass is 10.2. The van der Waals surface area contributed by atoms with Crippen molar-refractivity contribution >= 4 is 34.1 Å². The number of nitrogens with zero attached hydrogens (tertiary/aromatic N) is 2. The molecule has 0 aliphatic carbocycles. The minimum atomic E-state index is 0.565. The summed E-state index contributed by atoms with van der Waals surface area (Å²) in [5, 5.41) is 11.9. The minimum absolute atomic E-state index is 0.565. The first kappa shape index (κ1) is 11.9. The Hall–Kier alpha value is -1.61. The van der Waals surface area contributed by atoms with E-state index in [4.69, 9.17) is 5.26 Å². The molecule has 17 heavy (non-hydrogen) atoms. The highest BCUT2D eigenvalue weighted by Gasteiger charge is 2.02. The van der Waals surface area contributed by atoms with Crippen molar-refractivity contribution in [3.05, 3.63) is 51.2 Å². The highest BCUT2D eigenvalue weighted by molar-refractivity contribution is 14.1. The van der Waals surface area contributed by atoms with Gasteiger partial charge < -0.3 is 5.32 Å². The molecule has 0 radical (unpaired) electrons. The first-order chi connectivity index (χ1) is 8.20. The molecule has 0 fully saturated rings. The molecule has 0 aliphatic heterocycles. The molecule has 4 heteroatoms. The minimum Gasteiger partial charge on any atom is -0.340 e. The van der Waals surface area contributed by atoms with Gasteiger partial charge in [-0.15, -0.1) is 0 Å². The van der Waals surface area contributed by atoms with Crippen LogP contribution in [0.25, 0.3) is 0 Å². The molecule has 2 aromatic rings. The van der Waals surface area contributed by atoms with E-state index in [2.05, 4.69) is 45.9 Å². The number of benzene rings is 1. The first-order valence-corrected chi connectivity index (χ1v) is 6.17. The Morgan fingerprint density at radius 1 is 1.29 bits per heavy atom. The third-order valence-corrected chi connectivity index (χ3v) is 3.59. The van der Waals surface area contributed by atoms with Crippen molar-refractivity contribution in [1.29, 1.82) is 5.26 Å². The quantitative estimate of drug-likeness (QED) is 0.853. The predicted octanol–water partition coefficient (Wildman–Crippen LogP) is 3.61. The summed E-state index contributed by atoms with van der Waals surface area (Å²) in [6.45, 7) is 2.06. The molecule has 1 aromatic carbocycles. The highest BCUT2D eigenvalue weighted by atomic mass is 127. The van der Waals surface area contributed by atoms with Gasteiger partial charge in [-0.25, -0.2) is 4.98 Å². The fourth-order valence-electron chi connectivity index (χ4n) is 1.41. The third kappa shape index (κ3) is 2.74. The third-order valence-electron chi connectivity index (χ3n) is 2.42. The summed E-state index contributed by atoms with van der Waals surface area (Å²) in [6, 6.07) is 11.7. The fraction of sp³-hybridized carbons (Fsp3) is 0.0769. The smallest absolute Gasteiger partial charge is 0.130 e. The Bertz CT molecular complexity index is 570. The van der Waals surface area contributed by atoms with Crippen LogP contribution in [0.15, 0.2) is 36.5 Å². The predicted molar refractivity (Wildman–Crippen MR) is 76.1 cm³/mol. The number of pyridine rings is 1. The van der Waals surface area contributed by atoms with Crippen molar-refractivity contribution in [2.75, 3.05) is 5.32 Å². The van der Waals surface area contributed by atoms with Crippen LogP contribution < -0.4 is 5.32 Å². The van der Waals surface area contributed by atoms with Gasteiger partial charge in [0.25, 0.3) is 0 Å². The summed E-state index contributed by atoms with van der Waals surface area (Å²) in [5.74, 6) is 0.745. The molecule has 0 bridgehead atoms. The van der Waals surface area contributed by atoms with Crippen LogP contribution in [-0.2, 0) is 0 Å². The molecule has 0 spiro atoms. The van der Waals surface area contributed by atoms with Crippen LogP contribution >= 0.6 is 22.6 Å². The number of anilines is 2. The molecule has 0 amide bonds. The van der Waals surface area contributed by atoms with E-state index in [9.17, 15) is 0 Å². The van der Waals surface area contributed by atoms with E-state index >= 15 is 0 Å². The second-order valence-corrected chi connectivity index (χ2v) is 4.74. The van der Waals surface area contributed by atoms with Gasteiger partial charge in [0, 0.05) is 15.5 Å². The lowest BCUT2D eigenvalue weighted by molar-refractivity contribution is 1.27. The summed E-state index contributed by atoms with van der Waals surface area (Å²) in [6.07, 6.45) is 1.56. The number of hydrogen-bond donors (Lipinski definition) is 1. The molecule has 0 saturated carbocycles. The van der Waals surface area contributed by atoms with Gasteiger partial charge in [0.2, 0.25) is 0 Å². The van der Waals surface area contributed by atoms with E-state index in [0.717, 1.165) is 11.5 Å². The van der Waals surface area contributed by atoms with Gasteiger partial charge in [-0.1, -0.05) is 6.07 Å². The maximum atomic E-state index is 8.69. The summed E-state index contributed by atoms with van der Waals surface area (Å²) in [4.78, 5) is 4.18. The van der Waals surface area contributed by atoms with E-state index in [0.29, 0.717) is 5.56 Å². The largest absolute Gasteiger partial charge is 0.340 e. The van der Waals surface area contributed by atoms with Crippen molar-refractivity contribution in [2.45, 2.75) is 6.92 Å². The molecule has 2 rings (SSSR count). The summed E-state index contributed by atoms with van der Waals surface area (Å²) >= 11 is 2.30. The molecular weight excluding hydrogens is 325 g/mol. The summed E-state index contributed by atoms with van der Waals surface area (Å²) in [5.41, 5.74) is 2.79. The average Bonchev–Trinajstić information content (AvgIpc) is 2.36. The molecule has 0 saturated heterocycles. The number of nitrogens with one attached hydrogen (secondary N) is 1. The second-order valence-electron chi connectivity index (χ2n) is 3.58. The van der Waals surface area contributed by atoms with Crippen LogP contribution in [0.2, 0.25) is 0 Å². The fourth-order valence-corrected chi connectivity index (χ4v) is 1.91. The van der Waals surface area contributed by atoms with Crippen LogP contribution in [0, 0.1) is 21.8 Å². The number of halogens is 1. The van der Waals surface area contributed by atoms with Gasteiger partial charge in [0.1, 0.15) is 11.9 Å². The van der Waals surface area contributed by atoms with E-state index in [1.165, 1.54) is 9.13 Å². The maximum absolute atomic E-state index is 8.69. The van der Waals surface area contributed by atoms with Crippen molar-refractivity contribution in [3.63, 3.8) is 0 Å². The van der Waals surface area contributed by atoms with Gasteiger partial charge in [0.05, 0.1) is 5.56 Å². The molecule has 3 nitrogen and oxygen atoms in total. The van der Waals surface area contributed by atoms with Gasteiger partial charge in [-0.3, -0.25) is 0 Å². The van der Waals surface area contributed by atoms with Crippen LogP contribution in [0.1, 0.15) is 11.1 Å². The lowest BCUT2D eigenvalue weighted by Gasteiger charge is -2.09. The lowest BCUT2D eigenvalue weighted by Crippen LogP contribution is -1.96. The Morgan fingerprint density at radius 2 is 2.12 bits per heavy atom. The van der Waals surface area contributed by atoms with E-state index < -0.39 is 0 Å². The molecule has 0 aliphatic rings. The zero-order valence-electron chi connectivity index (χ0n) is 9.24. The Kier molecular flexibility index (Phi) is 3.59. The molecular formula is C13H10IN3. The SMILES string of the molecule is Cc1c(I)cccc1Nc1ccc(C#N)cn1. The van der Waals surface area contributed by atoms with E-state index in [1.54, 1.807) is 18.3 Å². The number of hydrogen-bond acceptors (Lipinski definition) is 3. The average molecular weight is 335 g/mol. The summed E-state index contributed by atoms with van der Waals surface area (Å²) < 4.78 is 1.21. The number of aromatic nitrogens is 1. The van der Waals surface area contributed by atoms with Gasteiger partial charge in [-0.05, 0) is 59.3 Å². The number of rotatable bonds is 2. The molecule has 1 N–H and O–H groups in total. The summed E-state index contributed by atoms with van der Waals surface area (Å²) in [7, 11) is 0. The normalized spacial score (nSPS) is 9.71. The van der Waals surface area contributed by atoms with Crippen molar-refractivity contribution in [3.8, 4) is 6.07 Å². The van der Waals surface area contributed by atoms with Gasteiger partial charge >= 0.3 is 0 Å². The van der Waals surface area contributed by atoms with Crippen LogP contribution in [0.3, 0.4) is 0 Å². The molecule has 1 aromatic heterocycles. The maximum Gasteiger partial charge on any atom is 0.130 e. The van der Waals surface area contributed by atoms with E-state index in [-0.39, 0.29) is 0 Å². The van der Waals surface area contributed by atoms with Crippen LogP contribution in [0.4, 0.5) is 11.5 Å². The first-order valence-electron chi connectivity index (χ1n) is 5.09. The second kappa shape index (κ2) is 5.15. The van der Waals surface area contributed by atoms with Crippen LogP contribution in [0.5, 0.6) is 0 Å². The monoisotopic (exact) mass is 335 g/mol. The Labute approximate surface area is 114 Å². The molecule has 0 atom stereocenters. The van der Waals surface area contributed by atoms with Gasteiger partial charge in [-0.2, -0.15) is 5.26 Å². The topological polar surface area (TPSA) is 48.7 Å². The van der Waals surface area contributed by atoms with Gasteiger partial charge in [0.15, 0.2) is 0 Å². The van der Waals surface area contributed by atoms with Crippen LogP contribution in [-0.4, -0.2) is 4.98 Å². The Morgan fingerprint density at radius 3 is 2.76 bits per heavy atom. The standard InChI is InChI=1S/C13H10IN3/c1-9-11(14)3-2-4-12(9)17-13-6-5-10(7-15)8-16-13/h2-6,8H,1H3,(H,16,17). The van der Waals surface area contributed by atoms with Crippen molar-refractivity contribution in [2.24, 2.45) is 0 Å². The molecule has 1 heterocycles.